The number of carbonyl (C=O) groups is 1. The van der Waals surface area contributed by atoms with Crippen LogP contribution in [-0.2, 0) is 8.98 Å². The molecule has 0 aromatic heterocycles. The summed E-state index contributed by atoms with van der Waals surface area (Å²) in [6, 6.07) is 0. The van der Waals surface area contributed by atoms with Gasteiger partial charge in [-0.3, -0.25) is 8.98 Å². The van der Waals surface area contributed by atoms with E-state index in [-0.39, 0.29) is 6.73 Å². The maximum absolute atomic E-state index is 9.34. The predicted molar refractivity (Wildman–Crippen MR) is 24.1 cm³/mol. The molecule has 36 valence electrons. The molecule has 1 amide bonds. The molecular weight excluding hydrogens is 102 g/mol. The first-order chi connectivity index (χ1) is 2.91. The highest BCUT2D eigenvalue weighted by Gasteiger charge is 1.69. The number of hydrogen-bond acceptors (Lipinski definition) is 3. The van der Waals surface area contributed by atoms with Crippen LogP contribution in [0.5, 0.6) is 0 Å². The molecule has 0 saturated heterocycles. The summed E-state index contributed by atoms with van der Waals surface area (Å²) in [5, 5.41) is 2.22. The Morgan fingerprint density at radius 3 is 2.83 bits per heavy atom. The highest BCUT2D eigenvalue weighted by molar-refractivity contribution is 7.75. The second kappa shape index (κ2) is 4.78. The Balaban J connectivity index is 2.49. The monoisotopic (exact) mass is 107 g/mol. The van der Waals surface area contributed by atoms with Crippen LogP contribution < -0.4 is 5.32 Å². The molecule has 0 atom stereocenters. The van der Waals surface area contributed by atoms with Crippen LogP contribution in [0.25, 0.3) is 0 Å². The van der Waals surface area contributed by atoms with Crippen molar-refractivity contribution in [1.82, 2.24) is 5.32 Å². The predicted octanol–water partition coefficient (Wildman–Crippen LogP) is -0.449. The van der Waals surface area contributed by atoms with Gasteiger partial charge in [-0.05, 0) is 12.9 Å². The van der Waals surface area contributed by atoms with Gasteiger partial charge in [-0.25, -0.2) is 0 Å². The zero-order chi connectivity index (χ0) is 4.83. The Bertz CT molecular complexity index is 40.5. The van der Waals surface area contributed by atoms with Crippen molar-refractivity contribution >= 4 is 19.3 Å². The topological polar surface area (TPSA) is 38.3 Å². The lowest BCUT2D eigenvalue weighted by molar-refractivity contribution is -0.110. The summed E-state index contributed by atoms with van der Waals surface area (Å²) in [7, 11) is 0. The van der Waals surface area contributed by atoms with Gasteiger partial charge in [0.25, 0.3) is 0 Å². The lowest BCUT2D eigenvalue weighted by Gasteiger charge is -1.87. The Morgan fingerprint density at radius 1 is 2.00 bits per heavy atom. The van der Waals surface area contributed by atoms with Gasteiger partial charge in [-0.1, -0.05) is 0 Å². The van der Waals surface area contributed by atoms with Crippen LogP contribution in [0.15, 0.2) is 0 Å². The van der Waals surface area contributed by atoms with Gasteiger partial charge in [0.05, 0.1) is 0 Å². The molecule has 0 heterocycles. The van der Waals surface area contributed by atoms with E-state index in [0.29, 0.717) is 6.41 Å². The summed E-state index contributed by atoms with van der Waals surface area (Å²) < 4.78 is 4.13. The van der Waals surface area contributed by atoms with E-state index in [1.165, 1.54) is 0 Å². The summed E-state index contributed by atoms with van der Waals surface area (Å²) in [4.78, 5) is 9.34. The molecule has 0 unspecified atom stereocenters. The minimum absolute atomic E-state index is 0.159. The third-order valence-electron chi connectivity index (χ3n) is 0.231. The van der Waals surface area contributed by atoms with Crippen molar-refractivity contribution in [3.8, 4) is 0 Å². The van der Waals surface area contributed by atoms with Gasteiger partial charge in [-0.15, -0.1) is 0 Å². The maximum Gasteiger partial charge on any atom is 0.208 e. The van der Waals surface area contributed by atoms with Gasteiger partial charge in [0.15, 0.2) is 0 Å². The van der Waals surface area contributed by atoms with E-state index in [1.807, 2.05) is 0 Å². The molecule has 0 aromatic rings. The molecule has 0 bridgehead atoms. The molecule has 0 aliphatic heterocycles. The molecule has 0 aromatic carbocycles. The number of thiol groups is 1. The first-order valence-corrected chi connectivity index (χ1v) is 1.71. The summed E-state index contributed by atoms with van der Waals surface area (Å²) >= 11 is 3.33. The zero-order valence-corrected chi connectivity index (χ0v) is 3.94. The molecule has 4 heteroatoms. The van der Waals surface area contributed by atoms with E-state index in [9.17, 15) is 4.79 Å². The van der Waals surface area contributed by atoms with Gasteiger partial charge in [0.2, 0.25) is 6.41 Å². The number of rotatable bonds is 3. The molecule has 1 N–H and O–H groups in total. The molecular formula is C2H5NO2S. The number of nitrogens with one attached hydrogen (secondary N) is 1. The quantitative estimate of drug-likeness (QED) is 0.168. The summed E-state index contributed by atoms with van der Waals surface area (Å²) in [6.07, 6.45) is 0.538. The largest absolute Gasteiger partial charge is 0.335 e. The van der Waals surface area contributed by atoms with Crippen molar-refractivity contribution in [2.45, 2.75) is 0 Å². The average Bonchev–Trinajstić information content (AvgIpc) is 1.61. The SMILES string of the molecule is O=CNCOS. The van der Waals surface area contributed by atoms with Crippen LogP contribution in [0.4, 0.5) is 0 Å². The lowest BCUT2D eigenvalue weighted by atomic mass is 11.2. The Hall–Kier alpha value is -0.220. The zero-order valence-electron chi connectivity index (χ0n) is 3.05. The number of carbonyl (C=O) groups excluding carboxylic acids is 1. The summed E-state index contributed by atoms with van der Waals surface area (Å²) in [5.74, 6) is 0. The fourth-order valence-electron chi connectivity index (χ4n) is 0.0713. The van der Waals surface area contributed by atoms with E-state index >= 15 is 0 Å². The standard InChI is InChI=1S/C2H5NO2S/c4-1-3-2-5-6/h1,6H,2H2,(H,3,4). The number of hydrogen-bond donors (Lipinski definition) is 2. The van der Waals surface area contributed by atoms with Crippen molar-refractivity contribution in [3.63, 3.8) is 0 Å². The van der Waals surface area contributed by atoms with Gasteiger partial charge >= 0.3 is 0 Å². The highest BCUT2D eigenvalue weighted by Crippen LogP contribution is 1.67. The number of amides is 1. The lowest BCUT2D eigenvalue weighted by Crippen LogP contribution is -2.11. The molecule has 3 nitrogen and oxygen atoms in total. The normalized spacial score (nSPS) is 7.50. The first kappa shape index (κ1) is 5.78. The van der Waals surface area contributed by atoms with E-state index in [2.05, 4.69) is 22.4 Å². The Labute approximate surface area is 41.3 Å². The van der Waals surface area contributed by atoms with Crippen LogP contribution in [-0.4, -0.2) is 13.1 Å². The third kappa shape index (κ3) is 3.78. The van der Waals surface area contributed by atoms with Crippen LogP contribution in [0.3, 0.4) is 0 Å². The minimum Gasteiger partial charge on any atom is -0.335 e. The fourth-order valence-corrected chi connectivity index (χ4v) is 0.146. The smallest absolute Gasteiger partial charge is 0.208 e. The van der Waals surface area contributed by atoms with Crippen molar-refractivity contribution in [2.24, 2.45) is 0 Å². The molecule has 0 spiro atoms. The van der Waals surface area contributed by atoms with Gasteiger partial charge in [0, 0.05) is 0 Å². The van der Waals surface area contributed by atoms with Crippen LogP contribution in [0.2, 0.25) is 0 Å². The highest BCUT2D eigenvalue weighted by atomic mass is 32.1. The van der Waals surface area contributed by atoms with Crippen molar-refractivity contribution in [2.75, 3.05) is 6.73 Å². The first-order valence-electron chi connectivity index (χ1n) is 1.35. The Morgan fingerprint density at radius 2 is 2.67 bits per heavy atom. The molecule has 0 rings (SSSR count). The molecule has 0 saturated carbocycles. The molecule has 6 heavy (non-hydrogen) atoms. The second-order valence-electron chi connectivity index (χ2n) is 0.595. The third-order valence-corrected chi connectivity index (χ3v) is 0.360. The van der Waals surface area contributed by atoms with Crippen molar-refractivity contribution in [1.29, 1.82) is 0 Å². The van der Waals surface area contributed by atoms with Crippen LogP contribution in [0, 0.1) is 0 Å². The molecule has 0 aliphatic carbocycles. The fraction of sp³-hybridized carbons (Fsp3) is 0.500. The van der Waals surface area contributed by atoms with Gasteiger partial charge in [-0.2, -0.15) is 0 Å². The molecule has 0 aliphatic rings. The summed E-state index contributed by atoms with van der Waals surface area (Å²) in [5.41, 5.74) is 0. The van der Waals surface area contributed by atoms with E-state index in [0.717, 1.165) is 0 Å². The van der Waals surface area contributed by atoms with Crippen LogP contribution >= 0.6 is 12.9 Å². The molecule has 0 radical (unpaired) electrons. The van der Waals surface area contributed by atoms with Gasteiger partial charge in [0.1, 0.15) is 6.73 Å². The minimum atomic E-state index is 0.159. The van der Waals surface area contributed by atoms with E-state index in [1.54, 1.807) is 0 Å². The van der Waals surface area contributed by atoms with Gasteiger partial charge < -0.3 is 5.32 Å². The second-order valence-corrected chi connectivity index (χ2v) is 0.854. The molecule has 0 fully saturated rings. The van der Waals surface area contributed by atoms with E-state index in [4.69, 9.17) is 0 Å². The van der Waals surface area contributed by atoms with Crippen LogP contribution in [0.1, 0.15) is 0 Å². The van der Waals surface area contributed by atoms with E-state index < -0.39 is 0 Å². The Kier molecular flexibility index (Phi) is 4.60. The summed E-state index contributed by atoms with van der Waals surface area (Å²) in [6.45, 7) is 0.159. The van der Waals surface area contributed by atoms with Crippen molar-refractivity contribution in [3.05, 3.63) is 0 Å². The van der Waals surface area contributed by atoms with Crippen molar-refractivity contribution < 1.29 is 8.98 Å². The average molecular weight is 107 g/mol. The maximum atomic E-state index is 9.34.